The van der Waals surface area contributed by atoms with Gasteiger partial charge < -0.3 is 15.8 Å². The van der Waals surface area contributed by atoms with Gasteiger partial charge in [0, 0.05) is 29.9 Å². The number of rotatable bonds is 7. The third-order valence-corrected chi connectivity index (χ3v) is 5.43. The summed E-state index contributed by atoms with van der Waals surface area (Å²) in [6.45, 7) is 2.62. The lowest BCUT2D eigenvalue weighted by molar-refractivity contribution is -0.0227. The quantitative estimate of drug-likeness (QED) is 0.551. The minimum Gasteiger partial charge on any atom is -0.378 e. The second kappa shape index (κ2) is 7.52. The number of primary amides is 1. The molecule has 0 spiro atoms. The molecule has 0 radical (unpaired) electrons. The average Bonchev–Trinajstić information content (AvgIpc) is 3.36. The molecule has 3 aromatic heterocycles. The Kier molecular flexibility index (Phi) is 4.92. The Bertz CT molecular complexity index is 988. The number of hydrogen-bond donors (Lipinski definition) is 3. The molecule has 1 fully saturated rings. The van der Waals surface area contributed by atoms with Crippen molar-refractivity contribution in [2.45, 2.75) is 31.9 Å². The van der Waals surface area contributed by atoms with E-state index in [1.807, 2.05) is 6.92 Å². The third-order valence-electron chi connectivity index (χ3n) is 4.54. The zero-order valence-electron chi connectivity index (χ0n) is 15.1. The number of nitrogens with one attached hydrogen (secondary N) is 2. The number of hydrogen-bond acceptors (Lipinski definition) is 7. The van der Waals surface area contributed by atoms with Crippen LogP contribution in [0.1, 0.15) is 46.8 Å². The highest BCUT2D eigenvalue weighted by molar-refractivity contribution is 7.13. The molecule has 0 aromatic carbocycles. The van der Waals surface area contributed by atoms with Gasteiger partial charge in [-0.1, -0.05) is 0 Å². The topological polar surface area (TPSA) is 141 Å². The summed E-state index contributed by atoms with van der Waals surface area (Å²) in [5.41, 5.74) is 6.77. The SMILES string of the molecule is CCO[C@H]1C[C@H](n2cc(NC(=O)c3csc(-c4cn[nH]c4)n3)c(C(N)=O)n2)C1. The number of ether oxygens (including phenoxy) is 1. The van der Waals surface area contributed by atoms with Gasteiger partial charge in [-0.25, -0.2) is 4.98 Å². The summed E-state index contributed by atoms with van der Waals surface area (Å²) < 4.78 is 7.22. The Hall–Kier alpha value is -3.05. The molecule has 1 aliphatic rings. The number of amides is 2. The molecule has 2 amide bonds. The third kappa shape index (κ3) is 3.53. The van der Waals surface area contributed by atoms with Crippen LogP contribution in [0.4, 0.5) is 5.69 Å². The van der Waals surface area contributed by atoms with Gasteiger partial charge in [-0.05, 0) is 19.8 Å². The first-order chi connectivity index (χ1) is 13.5. The number of nitrogens with zero attached hydrogens (tertiary/aromatic N) is 4. The van der Waals surface area contributed by atoms with Crippen LogP contribution in [0.2, 0.25) is 0 Å². The van der Waals surface area contributed by atoms with Gasteiger partial charge in [-0.2, -0.15) is 10.2 Å². The van der Waals surface area contributed by atoms with Gasteiger partial charge in [0.25, 0.3) is 11.8 Å². The molecule has 1 aliphatic carbocycles. The van der Waals surface area contributed by atoms with Crippen molar-refractivity contribution in [2.24, 2.45) is 5.73 Å². The van der Waals surface area contributed by atoms with E-state index in [0.29, 0.717) is 11.6 Å². The summed E-state index contributed by atoms with van der Waals surface area (Å²) in [6, 6.07) is 0.118. The summed E-state index contributed by atoms with van der Waals surface area (Å²) in [7, 11) is 0. The number of carbonyl (C=O) groups excluding carboxylic acids is 2. The van der Waals surface area contributed by atoms with Crippen LogP contribution >= 0.6 is 11.3 Å². The highest BCUT2D eigenvalue weighted by atomic mass is 32.1. The van der Waals surface area contributed by atoms with Crippen LogP contribution in [-0.4, -0.2) is 49.5 Å². The fraction of sp³-hybridized carbons (Fsp3) is 0.353. The van der Waals surface area contributed by atoms with Gasteiger partial charge in [0.15, 0.2) is 5.69 Å². The summed E-state index contributed by atoms with van der Waals surface area (Å²) in [6.07, 6.45) is 6.77. The minimum atomic E-state index is -0.702. The first-order valence-corrected chi connectivity index (χ1v) is 9.69. The lowest BCUT2D eigenvalue weighted by Crippen LogP contribution is -2.33. The van der Waals surface area contributed by atoms with E-state index in [-0.39, 0.29) is 29.2 Å². The number of carbonyl (C=O) groups is 2. The van der Waals surface area contributed by atoms with Crippen molar-refractivity contribution < 1.29 is 14.3 Å². The van der Waals surface area contributed by atoms with Gasteiger partial charge in [0.1, 0.15) is 10.7 Å². The van der Waals surface area contributed by atoms with Crippen LogP contribution in [0.25, 0.3) is 10.6 Å². The van der Waals surface area contributed by atoms with E-state index in [4.69, 9.17) is 10.5 Å². The number of H-pyrrole nitrogens is 1. The smallest absolute Gasteiger partial charge is 0.275 e. The molecule has 3 aromatic rings. The van der Waals surface area contributed by atoms with Crippen LogP contribution in [0.3, 0.4) is 0 Å². The first kappa shape index (κ1) is 18.3. The predicted molar refractivity (Wildman–Crippen MR) is 102 cm³/mol. The average molecular weight is 401 g/mol. The molecule has 0 bridgehead atoms. The molecule has 4 N–H and O–H groups in total. The summed E-state index contributed by atoms with van der Waals surface area (Å²) in [5.74, 6) is -1.14. The Balaban J connectivity index is 1.49. The van der Waals surface area contributed by atoms with Gasteiger partial charge in [-0.3, -0.25) is 19.4 Å². The fourth-order valence-corrected chi connectivity index (χ4v) is 3.82. The van der Waals surface area contributed by atoms with Crippen molar-refractivity contribution in [2.75, 3.05) is 11.9 Å². The van der Waals surface area contributed by atoms with Crippen LogP contribution in [0.5, 0.6) is 0 Å². The van der Waals surface area contributed by atoms with Crippen molar-refractivity contribution in [1.82, 2.24) is 25.0 Å². The number of aromatic nitrogens is 5. The maximum absolute atomic E-state index is 12.6. The van der Waals surface area contributed by atoms with E-state index in [1.54, 1.807) is 28.7 Å². The lowest BCUT2D eigenvalue weighted by atomic mass is 9.89. The van der Waals surface area contributed by atoms with Crippen LogP contribution in [0.15, 0.2) is 24.0 Å². The Labute approximate surface area is 164 Å². The summed E-state index contributed by atoms with van der Waals surface area (Å²) in [4.78, 5) is 28.6. The van der Waals surface area contributed by atoms with Crippen LogP contribution < -0.4 is 11.1 Å². The Morgan fingerprint density at radius 1 is 1.46 bits per heavy atom. The molecular formula is C17H19N7O3S. The van der Waals surface area contributed by atoms with Crippen molar-refractivity contribution in [3.8, 4) is 10.6 Å². The maximum Gasteiger partial charge on any atom is 0.275 e. The van der Waals surface area contributed by atoms with Crippen LogP contribution in [0, 0.1) is 0 Å². The minimum absolute atomic E-state index is 0.0264. The largest absolute Gasteiger partial charge is 0.378 e. The van der Waals surface area contributed by atoms with Gasteiger partial charge in [0.2, 0.25) is 0 Å². The normalized spacial score (nSPS) is 18.6. The maximum atomic E-state index is 12.6. The molecule has 0 aliphatic heterocycles. The molecule has 1 saturated carbocycles. The molecule has 11 heteroatoms. The highest BCUT2D eigenvalue weighted by Crippen LogP contribution is 2.35. The predicted octanol–water partition coefficient (Wildman–Crippen LogP) is 1.82. The first-order valence-electron chi connectivity index (χ1n) is 8.81. The van der Waals surface area contributed by atoms with Gasteiger partial charge in [-0.15, -0.1) is 11.3 Å². The molecule has 0 atom stereocenters. The number of anilines is 1. The van der Waals surface area contributed by atoms with Crippen molar-refractivity contribution in [1.29, 1.82) is 0 Å². The van der Waals surface area contributed by atoms with E-state index in [0.717, 1.165) is 18.4 Å². The standard InChI is InChI=1S/C17H19N7O3S/c1-2-27-11-3-10(4-11)24-7-12(14(23-24)15(18)25)21-16(26)13-8-28-17(22-13)9-5-19-20-6-9/h5-8,10-11H,2-4H2,1H3,(H2,18,25)(H,19,20)(H,21,26)/t10-,11-. The number of nitrogens with two attached hydrogens (primary N) is 1. The molecule has 28 heavy (non-hydrogen) atoms. The molecule has 10 nitrogen and oxygen atoms in total. The van der Waals surface area contributed by atoms with Crippen molar-refractivity contribution in [3.63, 3.8) is 0 Å². The van der Waals surface area contributed by atoms with Crippen LogP contribution in [-0.2, 0) is 4.74 Å². The number of aromatic amines is 1. The van der Waals surface area contributed by atoms with E-state index in [1.165, 1.54) is 11.3 Å². The molecule has 146 valence electrons. The van der Waals surface area contributed by atoms with Gasteiger partial charge in [0.05, 0.1) is 24.0 Å². The van der Waals surface area contributed by atoms with E-state index in [9.17, 15) is 9.59 Å². The van der Waals surface area contributed by atoms with Crippen molar-refractivity contribution in [3.05, 3.63) is 35.4 Å². The monoisotopic (exact) mass is 401 g/mol. The molecule has 0 saturated heterocycles. The van der Waals surface area contributed by atoms with Crippen molar-refractivity contribution >= 4 is 28.8 Å². The molecule has 3 heterocycles. The molecule has 0 unspecified atom stereocenters. The summed E-state index contributed by atoms with van der Waals surface area (Å²) >= 11 is 1.33. The van der Waals surface area contributed by atoms with E-state index in [2.05, 4.69) is 25.6 Å². The summed E-state index contributed by atoms with van der Waals surface area (Å²) in [5, 5.41) is 15.8. The zero-order valence-corrected chi connectivity index (χ0v) is 15.9. The number of thiazole rings is 1. The fourth-order valence-electron chi connectivity index (χ4n) is 3.04. The zero-order chi connectivity index (χ0) is 19.7. The molecular weight excluding hydrogens is 382 g/mol. The Morgan fingerprint density at radius 3 is 2.96 bits per heavy atom. The van der Waals surface area contributed by atoms with Gasteiger partial charge >= 0.3 is 0 Å². The second-order valence-corrected chi connectivity index (χ2v) is 7.28. The van der Waals surface area contributed by atoms with E-state index >= 15 is 0 Å². The highest BCUT2D eigenvalue weighted by Gasteiger charge is 2.33. The second-order valence-electron chi connectivity index (χ2n) is 6.42. The Morgan fingerprint density at radius 2 is 2.29 bits per heavy atom. The lowest BCUT2D eigenvalue weighted by Gasteiger charge is -2.34. The van der Waals surface area contributed by atoms with E-state index < -0.39 is 11.8 Å². The molecule has 4 rings (SSSR count).